The van der Waals surface area contributed by atoms with Crippen molar-refractivity contribution in [3.63, 3.8) is 0 Å². The zero-order valence-corrected chi connectivity index (χ0v) is 13.0. The second-order valence-electron chi connectivity index (χ2n) is 4.82. The molecule has 0 saturated carbocycles. The molecule has 23 heavy (non-hydrogen) atoms. The normalized spacial score (nSPS) is 20.0. The fourth-order valence-corrected chi connectivity index (χ4v) is 3.45. The van der Waals surface area contributed by atoms with Gasteiger partial charge in [0.1, 0.15) is 0 Å². The van der Waals surface area contributed by atoms with Crippen LogP contribution in [0, 0.1) is 0 Å². The van der Waals surface area contributed by atoms with Crippen molar-refractivity contribution in [3.05, 3.63) is 33.7 Å². The van der Waals surface area contributed by atoms with E-state index < -0.39 is 23.0 Å². The number of hydrogen-bond acceptors (Lipinski definition) is 5. The molecule has 7 nitrogen and oxygen atoms in total. The van der Waals surface area contributed by atoms with Gasteiger partial charge in [0.05, 0.1) is 16.9 Å². The molecule has 1 fully saturated rings. The monoisotopic (exact) mass is 352 g/mol. The largest absolute Gasteiger partial charge is 0.481 e. The topological polar surface area (TPSA) is 104 Å². The van der Waals surface area contributed by atoms with Gasteiger partial charge in [-0.25, -0.2) is 0 Å². The molecule has 0 aliphatic carbocycles. The van der Waals surface area contributed by atoms with Crippen molar-refractivity contribution in [2.24, 2.45) is 0 Å². The Kier molecular flexibility index (Phi) is 3.87. The molecule has 3 amide bonds. The van der Waals surface area contributed by atoms with E-state index in [-0.39, 0.29) is 23.4 Å². The smallest absolute Gasteiger partial charge is 0.305 e. The minimum Gasteiger partial charge on any atom is -0.481 e. The lowest BCUT2D eigenvalue weighted by molar-refractivity contribution is -0.137. The molecular formula is C14H9ClN2O5S. The highest BCUT2D eigenvalue weighted by atomic mass is 35.5. The van der Waals surface area contributed by atoms with Gasteiger partial charge in [-0.2, -0.15) is 0 Å². The van der Waals surface area contributed by atoms with Crippen LogP contribution >= 0.6 is 23.4 Å². The third-order valence-electron chi connectivity index (χ3n) is 3.35. The molecule has 0 aromatic heterocycles. The van der Waals surface area contributed by atoms with Gasteiger partial charge >= 0.3 is 5.97 Å². The van der Waals surface area contributed by atoms with Gasteiger partial charge in [0.2, 0.25) is 0 Å². The van der Waals surface area contributed by atoms with Crippen molar-refractivity contribution in [1.82, 2.24) is 4.90 Å². The third kappa shape index (κ3) is 2.71. The highest BCUT2D eigenvalue weighted by Crippen LogP contribution is 2.42. The van der Waals surface area contributed by atoms with Crippen molar-refractivity contribution >= 4 is 57.6 Å². The Morgan fingerprint density at radius 2 is 2.04 bits per heavy atom. The van der Waals surface area contributed by atoms with Crippen LogP contribution in [0.15, 0.2) is 23.1 Å². The Balaban J connectivity index is 2.01. The van der Waals surface area contributed by atoms with Crippen LogP contribution in [0.2, 0.25) is 5.02 Å². The van der Waals surface area contributed by atoms with E-state index in [4.69, 9.17) is 16.7 Å². The molecule has 2 heterocycles. The number of fused-ring (bicyclic) bond motifs is 1. The quantitative estimate of drug-likeness (QED) is 0.808. The summed E-state index contributed by atoms with van der Waals surface area (Å²) < 4.78 is 0. The van der Waals surface area contributed by atoms with Crippen molar-refractivity contribution < 1.29 is 24.3 Å². The third-order valence-corrected chi connectivity index (χ3v) is 4.56. The van der Waals surface area contributed by atoms with E-state index in [1.165, 1.54) is 6.07 Å². The van der Waals surface area contributed by atoms with E-state index in [2.05, 4.69) is 5.32 Å². The predicted molar refractivity (Wildman–Crippen MR) is 84.0 cm³/mol. The maximum atomic E-state index is 12.4. The van der Waals surface area contributed by atoms with Crippen LogP contribution in [0.4, 0.5) is 10.5 Å². The molecule has 1 aromatic rings. The summed E-state index contributed by atoms with van der Waals surface area (Å²) in [7, 11) is 0. The SMILES string of the molecule is O=C(O)CCN1C(=O)SC(=C2C(=O)Nc3ccc(Cl)cc32)C1=O. The second kappa shape index (κ2) is 5.71. The highest BCUT2D eigenvalue weighted by Gasteiger charge is 2.41. The molecular weight excluding hydrogens is 344 g/mol. The number of imide groups is 1. The number of nitrogens with zero attached hydrogens (tertiary/aromatic N) is 1. The van der Waals surface area contributed by atoms with E-state index in [1.807, 2.05) is 0 Å². The maximum absolute atomic E-state index is 12.4. The molecule has 118 valence electrons. The number of halogens is 1. The Morgan fingerprint density at radius 3 is 2.74 bits per heavy atom. The number of aliphatic carboxylic acids is 1. The number of nitrogens with one attached hydrogen (secondary N) is 1. The molecule has 1 aromatic carbocycles. The number of rotatable bonds is 3. The van der Waals surface area contributed by atoms with Crippen LogP contribution in [-0.2, 0) is 14.4 Å². The van der Waals surface area contributed by atoms with Gasteiger partial charge in [-0.05, 0) is 30.0 Å². The first kappa shape index (κ1) is 15.6. The summed E-state index contributed by atoms with van der Waals surface area (Å²) in [5.74, 6) is -2.28. The molecule has 2 aliphatic rings. The lowest BCUT2D eigenvalue weighted by Crippen LogP contribution is -2.30. The standard InChI is InChI=1S/C14H9ClN2O5S/c15-6-1-2-8-7(5-6)10(12(20)16-8)11-13(21)17(14(22)23-11)4-3-9(18)19/h1-2,5H,3-4H2,(H,16,20)(H,18,19). The summed E-state index contributed by atoms with van der Waals surface area (Å²) in [4.78, 5) is 47.9. The summed E-state index contributed by atoms with van der Waals surface area (Å²) in [5.41, 5.74) is 1.04. The van der Waals surface area contributed by atoms with Crippen LogP contribution < -0.4 is 5.32 Å². The lowest BCUT2D eigenvalue weighted by Gasteiger charge is -2.10. The molecule has 1 saturated heterocycles. The summed E-state index contributed by atoms with van der Waals surface area (Å²) >= 11 is 6.55. The van der Waals surface area contributed by atoms with E-state index in [0.29, 0.717) is 28.0 Å². The van der Waals surface area contributed by atoms with Crippen molar-refractivity contribution in [2.45, 2.75) is 6.42 Å². The zero-order valence-electron chi connectivity index (χ0n) is 11.5. The highest BCUT2D eigenvalue weighted by molar-refractivity contribution is 8.18. The fourth-order valence-electron chi connectivity index (χ4n) is 2.31. The van der Waals surface area contributed by atoms with E-state index >= 15 is 0 Å². The Bertz CT molecular complexity index is 804. The van der Waals surface area contributed by atoms with E-state index in [9.17, 15) is 19.2 Å². The van der Waals surface area contributed by atoms with Crippen LogP contribution in [0.3, 0.4) is 0 Å². The minimum atomic E-state index is -1.12. The van der Waals surface area contributed by atoms with Gasteiger partial charge in [-0.1, -0.05) is 11.6 Å². The van der Waals surface area contributed by atoms with Crippen molar-refractivity contribution in [1.29, 1.82) is 0 Å². The average Bonchev–Trinajstić information content (AvgIpc) is 2.93. The summed E-state index contributed by atoms with van der Waals surface area (Å²) in [6.07, 6.45) is -0.352. The molecule has 9 heteroatoms. The molecule has 2 N–H and O–H groups in total. The average molecular weight is 353 g/mol. The van der Waals surface area contributed by atoms with Gasteiger partial charge in [-0.3, -0.25) is 24.1 Å². The number of carbonyl (C=O) groups is 4. The maximum Gasteiger partial charge on any atom is 0.305 e. The number of carboxylic acids is 1. The van der Waals surface area contributed by atoms with Crippen molar-refractivity contribution in [3.8, 4) is 0 Å². The minimum absolute atomic E-state index is 0.0149. The first-order chi connectivity index (χ1) is 10.9. The van der Waals surface area contributed by atoms with E-state index in [0.717, 1.165) is 4.90 Å². The number of hydrogen-bond donors (Lipinski definition) is 2. The zero-order chi connectivity index (χ0) is 16.7. The molecule has 2 aliphatic heterocycles. The Labute approximate surface area is 139 Å². The van der Waals surface area contributed by atoms with Gasteiger partial charge in [0.25, 0.3) is 17.1 Å². The van der Waals surface area contributed by atoms with Crippen LogP contribution in [0.5, 0.6) is 0 Å². The Morgan fingerprint density at radius 1 is 1.30 bits per heavy atom. The molecule has 0 spiro atoms. The van der Waals surface area contributed by atoms with Crippen LogP contribution in [0.1, 0.15) is 12.0 Å². The number of carbonyl (C=O) groups excluding carboxylic acids is 3. The molecule has 0 bridgehead atoms. The fraction of sp³-hybridized carbons (Fsp3) is 0.143. The molecule has 3 rings (SSSR count). The summed E-state index contributed by atoms with van der Waals surface area (Å²) in [6.45, 7) is -0.235. The van der Waals surface area contributed by atoms with Crippen LogP contribution in [-0.4, -0.2) is 39.6 Å². The number of benzene rings is 1. The van der Waals surface area contributed by atoms with Gasteiger partial charge < -0.3 is 10.4 Å². The van der Waals surface area contributed by atoms with E-state index in [1.54, 1.807) is 12.1 Å². The number of anilines is 1. The molecule has 0 radical (unpaired) electrons. The number of thioether (sulfide) groups is 1. The van der Waals surface area contributed by atoms with Gasteiger partial charge in [-0.15, -0.1) is 0 Å². The summed E-state index contributed by atoms with van der Waals surface area (Å²) in [6, 6.07) is 4.74. The first-order valence-corrected chi connectivity index (χ1v) is 7.69. The number of carboxylic acid groups (broad SMARTS) is 1. The first-order valence-electron chi connectivity index (χ1n) is 6.49. The van der Waals surface area contributed by atoms with Crippen molar-refractivity contribution in [2.75, 3.05) is 11.9 Å². The van der Waals surface area contributed by atoms with Crippen LogP contribution in [0.25, 0.3) is 5.57 Å². The number of amides is 3. The molecule has 0 atom stereocenters. The summed E-state index contributed by atoms with van der Waals surface area (Å²) in [5, 5.41) is 11.1. The predicted octanol–water partition coefficient (Wildman–Crippen LogP) is 2.17. The Hall–Kier alpha value is -2.32. The lowest BCUT2D eigenvalue weighted by atomic mass is 10.1. The molecule has 0 unspecified atom stereocenters. The van der Waals surface area contributed by atoms with Gasteiger partial charge in [0, 0.05) is 22.8 Å². The second-order valence-corrected chi connectivity index (χ2v) is 6.21. The van der Waals surface area contributed by atoms with Gasteiger partial charge in [0.15, 0.2) is 0 Å².